The van der Waals surface area contributed by atoms with Crippen molar-refractivity contribution in [2.75, 3.05) is 11.9 Å². The normalized spacial score (nSPS) is 15.9. The molecule has 1 saturated heterocycles. The van der Waals surface area contributed by atoms with Crippen molar-refractivity contribution < 1.29 is 42.9 Å². The first-order valence-electron chi connectivity index (χ1n) is 7.22. The first-order chi connectivity index (χ1) is 13.0. The Morgan fingerprint density at radius 1 is 1.14 bits per heavy atom. The van der Waals surface area contributed by atoms with E-state index in [-0.39, 0.29) is 12.2 Å². The molecule has 15 nitrogen and oxygen atoms in total. The van der Waals surface area contributed by atoms with Gasteiger partial charge in [0, 0.05) is 11.8 Å². The molecule has 6 amide bonds. The van der Waals surface area contributed by atoms with E-state index in [2.05, 4.69) is 5.32 Å². The molecular formula is C12H14N6O9S. The van der Waals surface area contributed by atoms with Gasteiger partial charge in [0.05, 0.1) is 6.54 Å². The zero-order valence-electron chi connectivity index (χ0n) is 13.7. The maximum absolute atomic E-state index is 11.7. The second-order valence-corrected chi connectivity index (χ2v) is 6.66. The molecular weight excluding hydrogens is 404 g/mol. The van der Waals surface area contributed by atoms with Gasteiger partial charge in [0.15, 0.2) is 11.5 Å². The highest BCUT2D eigenvalue weighted by atomic mass is 32.2. The number of β-lactam (4-membered cyclic amide) rings is 1. The Bertz CT molecular complexity index is 934. The van der Waals surface area contributed by atoms with Crippen LogP contribution in [0.2, 0.25) is 0 Å². The lowest BCUT2D eigenvalue weighted by Gasteiger charge is -2.35. The largest absolute Gasteiger partial charge is 0.504 e. The minimum absolute atomic E-state index is 0.0131. The molecule has 0 bridgehead atoms. The van der Waals surface area contributed by atoms with Gasteiger partial charge in [-0.1, -0.05) is 0 Å². The van der Waals surface area contributed by atoms with E-state index < -0.39 is 51.8 Å². The van der Waals surface area contributed by atoms with Gasteiger partial charge in [-0.05, 0) is 12.1 Å². The van der Waals surface area contributed by atoms with Crippen LogP contribution in [-0.4, -0.2) is 65.3 Å². The number of hydrogen-bond acceptors (Lipinski definition) is 8. The predicted octanol–water partition coefficient (Wildman–Crippen LogP) is -1.84. The number of phenols is 2. The predicted molar refractivity (Wildman–Crippen MR) is 89.2 cm³/mol. The number of anilines is 1. The van der Waals surface area contributed by atoms with Gasteiger partial charge in [-0.15, -0.1) is 4.83 Å². The highest BCUT2D eigenvalue weighted by Gasteiger charge is 2.42. The summed E-state index contributed by atoms with van der Waals surface area (Å²) in [5, 5.41) is 30.9. The molecule has 152 valence electrons. The molecule has 0 radical (unpaired) electrons. The molecule has 1 unspecified atom stereocenters. The Morgan fingerprint density at radius 2 is 1.82 bits per heavy atom. The van der Waals surface area contributed by atoms with Crippen molar-refractivity contribution >= 4 is 40.0 Å². The molecule has 0 spiro atoms. The van der Waals surface area contributed by atoms with Crippen molar-refractivity contribution in [2.45, 2.75) is 6.04 Å². The van der Waals surface area contributed by atoms with Crippen molar-refractivity contribution in [1.82, 2.24) is 25.2 Å². The molecule has 16 heteroatoms. The standard InChI is InChI=1S/C12H14N6O9S/c19-7-2-1-5(3-8(7)20)13-10(22)15-17-28(26,27)16-11(23)18-4-6(9(18)21)14-12(24)25/h1-3,6,14,17,19-20H,4H2,(H,16,23)(H,24,25)(H2,13,15,22). The molecule has 1 fully saturated rings. The van der Waals surface area contributed by atoms with E-state index in [1.165, 1.54) is 15.6 Å². The van der Waals surface area contributed by atoms with Crippen LogP contribution in [0, 0.1) is 0 Å². The number of hydrazine groups is 1. The molecule has 0 saturated carbocycles. The zero-order chi connectivity index (χ0) is 21.1. The Kier molecular flexibility index (Phi) is 5.75. The number of benzene rings is 1. The number of urea groups is 2. The zero-order valence-corrected chi connectivity index (χ0v) is 14.5. The van der Waals surface area contributed by atoms with Gasteiger partial charge in [0.2, 0.25) is 0 Å². The lowest BCUT2D eigenvalue weighted by molar-refractivity contribution is -0.138. The van der Waals surface area contributed by atoms with Crippen molar-refractivity contribution in [1.29, 1.82) is 0 Å². The van der Waals surface area contributed by atoms with E-state index in [0.29, 0.717) is 4.90 Å². The average Bonchev–Trinajstić information content (AvgIpc) is 2.58. The van der Waals surface area contributed by atoms with Crippen LogP contribution in [0.1, 0.15) is 0 Å². The number of aromatic hydroxyl groups is 2. The van der Waals surface area contributed by atoms with Crippen LogP contribution in [0.5, 0.6) is 11.5 Å². The minimum atomic E-state index is -4.61. The van der Waals surface area contributed by atoms with E-state index in [0.717, 1.165) is 12.1 Å². The molecule has 1 atom stereocenters. The van der Waals surface area contributed by atoms with E-state index in [1.807, 2.05) is 5.32 Å². The minimum Gasteiger partial charge on any atom is -0.504 e. The van der Waals surface area contributed by atoms with Gasteiger partial charge in [-0.3, -0.25) is 15.1 Å². The number of nitrogens with one attached hydrogen (secondary N) is 5. The molecule has 1 aliphatic rings. The topological polar surface area (TPSA) is 226 Å². The average molecular weight is 418 g/mol. The number of hydrogen-bond donors (Lipinski definition) is 8. The van der Waals surface area contributed by atoms with Gasteiger partial charge >= 0.3 is 28.4 Å². The summed E-state index contributed by atoms with van der Waals surface area (Å²) < 4.78 is 24.8. The second kappa shape index (κ2) is 7.84. The summed E-state index contributed by atoms with van der Waals surface area (Å²) in [4.78, 5) is 47.2. The van der Waals surface area contributed by atoms with Crippen LogP contribution in [-0.2, 0) is 15.0 Å². The van der Waals surface area contributed by atoms with Crippen molar-refractivity contribution in [3.05, 3.63) is 18.2 Å². The third-order valence-electron chi connectivity index (χ3n) is 3.23. The van der Waals surface area contributed by atoms with E-state index in [4.69, 9.17) is 10.2 Å². The lowest BCUT2D eigenvalue weighted by Crippen LogP contribution is -2.68. The second-order valence-electron chi connectivity index (χ2n) is 5.25. The van der Waals surface area contributed by atoms with Crippen LogP contribution in [0.3, 0.4) is 0 Å². The number of carboxylic acid groups (broad SMARTS) is 1. The third-order valence-corrected chi connectivity index (χ3v) is 4.04. The first kappa shape index (κ1) is 20.5. The SMILES string of the molecule is O=C(O)NC1CN(C(=O)NS(=O)(=O)NNC(=O)Nc2ccc(O)c(O)c2)C1=O. The quantitative estimate of drug-likeness (QED) is 0.116. The number of likely N-dealkylation sites (tertiary alicyclic amines) is 1. The smallest absolute Gasteiger partial charge is 0.405 e. The van der Waals surface area contributed by atoms with Crippen molar-refractivity contribution in [3.63, 3.8) is 0 Å². The van der Waals surface area contributed by atoms with Crippen molar-refractivity contribution in [2.24, 2.45) is 0 Å². The summed E-state index contributed by atoms with van der Waals surface area (Å²) in [7, 11) is -4.61. The molecule has 1 heterocycles. The molecule has 8 N–H and O–H groups in total. The van der Waals surface area contributed by atoms with Gasteiger partial charge < -0.3 is 26.0 Å². The van der Waals surface area contributed by atoms with Gasteiger partial charge in [-0.25, -0.2) is 19.1 Å². The molecule has 1 aliphatic heterocycles. The maximum Gasteiger partial charge on any atom is 0.405 e. The molecule has 0 aromatic heterocycles. The van der Waals surface area contributed by atoms with Gasteiger partial charge in [0.1, 0.15) is 6.04 Å². The van der Waals surface area contributed by atoms with Gasteiger partial charge in [-0.2, -0.15) is 8.42 Å². The lowest BCUT2D eigenvalue weighted by atomic mass is 10.1. The first-order valence-corrected chi connectivity index (χ1v) is 8.70. The summed E-state index contributed by atoms with van der Waals surface area (Å²) in [6.45, 7) is -0.370. The van der Waals surface area contributed by atoms with E-state index in [9.17, 15) is 32.7 Å². The molecule has 0 aliphatic carbocycles. The number of phenolic OH excluding ortho intramolecular Hbond substituents is 2. The van der Waals surface area contributed by atoms with Crippen LogP contribution in [0.25, 0.3) is 0 Å². The summed E-state index contributed by atoms with van der Waals surface area (Å²) in [6, 6.07) is -0.347. The number of imide groups is 1. The molecule has 1 aromatic rings. The number of carbonyl (C=O) groups excluding carboxylic acids is 3. The monoisotopic (exact) mass is 418 g/mol. The summed E-state index contributed by atoms with van der Waals surface area (Å²) in [6.07, 6.45) is -1.48. The molecule has 1 aromatic carbocycles. The Labute approximate surface area is 156 Å². The number of rotatable bonds is 5. The van der Waals surface area contributed by atoms with E-state index >= 15 is 0 Å². The molecule has 2 rings (SSSR count). The fraction of sp³-hybridized carbons (Fsp3) is 0.167. The highest BCUT2D eigenvalue weighted by molar-refractivity contribution is 7.88. The number of carbonyl (C=O) groups is 4. The van der Waals surface area contributed by atoms with Crippen LogP contribution >= 0.6 is 0 Å². The highest BCUT2D eigenvalue weighted by Crippen LogP contribution is 2.27. The van der Waals surface area contributed by atoms with Crippen LogP contribution < -0.4 is 25.6 Å². The third kappa shape index (κ3) is 5.11. The maximum atomic E-state index is 11.7. The van der Waals surface area contributed by atoms with Crippen LogP contribution in [0.15, 0.2) is 18.2 Å². The Hall–Kier alpha value is -3.79. The summed E-state index contributed by atoms with van der Waals surface area (Å²) >= 11 is 0. The van der Waals surface area contributed by atoms with Gasteiger partial charge in [0.25, 0.3) is 5.91 Å². The van der Waals surface area contributed by atoms with E-state index in [1.54, 1.807) is 5.43 Å². The fourth-order valence-corrected chi connectivity index (χ4v) is 2.56. The fourth-order valence-electron chi connectivity index (χ4n) is 1.94. The number of nitrogens with zero attached hydrogens (tertiary/aromatic N) is 1. The number of amides is 6. The van der Waals surface area contributed by atoms with Crippen molar-refractivity contribution in [3.8, 4) is 11.5 Å². The molecule has 28 heavy (non-hydrogen) atoms. The van der Waals surface area contributed by atoms with Crippen LogP contribution in [0.4, 0.5) is 20.1 Å². The Morgan fingerprint density at radius 3 is 2.39 bits per heavy atom. The summed E-state index contributed by atoms with van der Waals surface area (Å²) in [5.41, 5.74) is 1.70. The summed E-state index contributed by atoms with van der Waals surface area (Å²) in [5.74, 6) is -1.91. The Balaban J connectivity index is 1.82.